The molecule has 0 saturated carbocycles. The molecule has 1 aromatic carbocycles. The van der Waals surface area contributed by atoms with Gasteiger partial charge in [0.2, 0.25) is 5.91 Å². The number of nitrogens with zero attached hydrogens (tertiary/aromatic N) is 2. The van der Waals surface area contributed by atoms with Crippen LogP contribution in [0, 0.1) is 0 Å². The average molecular weight is 383 g/mol. The molecule has 1 amide bonds. The van der Waals surface area contributed by atoms with Crippen LogP contribution in [-0.4, -0.2) is 42.3 Å². The largest absolute Gasteiger partial charge is 0.493 e. The lowest BCUT2D eigenvalue weighted by Crippen LogP contribution is -2.14. The van der Waals surface area contributed by atoms with Crippen LogP contribution in [0.3, 0.4) is 0 Å². The van der Waals surface area contributed by atoms with Crippen LogP contribution in [-0.2, 0) is 16.0 Å². The number of methoxy groups -OCH3 is 2. The third kappa shape index (κ3) is 4.06. The van der Waals surface area contributed by atoms with E-state index in [1.54, 1.807) is 62.2 Å². The molecule has 0 saturated heterocycles. The van der Waals surface area contributed by atoms with Crippen LogP contribution in [0.25, 0.3) is 5.52 Å². The Morgan fingerprint density at radius 3 is 2.61 bits per heavy atom. The summed E-state index contributed by atoms with van der Waals surface area (Å²) in [5.74, 6) is 0.511. The minimum atomic E-state index is -0.452. The van der Waals surface area contributed by atoms with Crippen molar-refractivity contribution in [1.82, 2.24) is 9.61 Å². The van der Waals surface area contributed by atoms with Crippen LogP contribution in [0.4, 0.5) is 5.69 Å². The van der Waals surface area contributed by atoms with E-state index >= 15 is 0 Å². The molecular weight excluding hydrogens is 362 g/mol. The van der Waals surface area contributed by atoms with E-state index in [0.717, 1.165) is 5.56 Å². The Bertz CT molecular complexity index is 1010. The third-order valence-corrected chi connectivity index (χ3v) is 4.11. The average Bonchev–Trinajstić information content (AvgIpc) is 3.11. The Kier molecular flexibility index (Phi) is 5.78. The lowest BCUT2D eigenvalue weighted by molar-refractivity contribution is -0.115. The molecule has 0 atom stereocenters. The van der Waals surface area contributed by atoms with E-state index in [9.17, 15) is 9.59 Å². The molecule has 28 heavy (non-hydrogen) atoms. The Balaban J connectivity index is 1.76. The Labute approximate surface area is 162 Å². The number of amides is 1. The zero-order valence-corrected chi connectivity index (χ0v) is 15.9. The number of esters is 1. The maximum absolute atomic E-state index is 12.4. The van der Waals surface area contributed by atoms with E-state index < -0.39 is 5.97 Å². The molecule has 146 valence electrons. The van der Waals surface area contributed by atoms with Gasteiger partial charge in [-0.05, 0) is 36.8 Å². The van der Waals surface area contributed by atoms with E-state index in [-0.39, 0.29) is 18.9 Å². The molecule has 0 fully saturated rings. The van der Waals surface area contributed by atoms with E-state index in [4.69, 9.17) is 14.2 Å². The van der Waals surface area contributed by atoms with Gasteiger partial charge in [-0.2, -0.15) is 5.10 Å². The molecule has 0 unspecified atom stereocenters. The number of fused-ring (bicyclic) bond motifs is 1. The van der Waals surface area contributed by atoms with Gasteiger partial charge in [0.1, 0.15) is 5.56 Å². The topological polar surface area (TPSA) is 91.2 Å². The fourth-order valence-electron chi connectivity index (χ4n) is 2.81. The van der Waals surface area contributed by atoms with E-state index in [1.807, 2.05) is 0 Å². The fourth-order valence-corrected chi connectivity index (χ4v) is 2.81. The van der Waals surface area contributed by atoms with Crippen LogP contribution in [0.2, 0.25) is 0 Å². The van der Waals surface area contributed by atoms with Crippen LogP contribution >= 0.6 is 0 Å². The van der Waals surface area contributed by atoms with Crippen molar-refractivity contribution < 1.29 is 23.8 Å². The molecule has 0 aliphatic heterocycles. The number of ether oxygens (including phenoxy) is 3. The van der Waals surface area contributed by atoms with Crippen LogP contribution in [0.15, 0.2) is 42.7 Å². The highest BCUT2D eigenvalue weighted by atomic mass is 16.5. The second-order valence-corrected chi connectivity index (χ2v) is 5.94. The molecule has 0 spiro atoms. The molecule has 0 aliphatic carbocycles. The zero-order chi connectivity index (χ0) is 20.1. The van der Waals surface area contributed by atoms with Gasteiger partial charge in [0.25, 0.3) is 0 Å². The Hall–Kier alpha value is -3.55. The van der Waals surface area contributed by atoms with Crippen molar-refractivity contribution in [2.24, 2.45) is 0 Å². The first kappa shape index (κ1) is 19.2. The molecule has 3 rings (SSSR count). The van der Waals surface area contributed by atoms with Gasteiger partial charge in [0, 0.05) is 11.9 Å². The molecule has 0 aliphatic rings. The predicted molar refractivity (Wildman–Crippen MR) is 103 cm³/mol. The van der Waals surface area contributed by atoms with Gasteiger partial charge in [-0.3, -0.25) is 4.79 Å². The monoisotopic (exact) mass is 383 g/mol. The number of nitrogens with one attached hydrogen (secondary N) is 1. The zero-order valence-electron chi connectivity index (χ0n) is 15.9. The molecule has 8 heteroatoms. The smallest absolute Gasteiger partial charge is 0.341 e. The molecule has 8 nitrogen and oxygen atoms in total. The van der Waals surface area contributed by atoms with Gasteiger partial charge >= 0.3 is 5.97 Å². The number of hydrogen-bond donors (Lipinski definition) is 1. The number of carbonyl (C=O) groups excluding carboxylic acids is 2. The molecule has 0 radical (unpaired) electrons. The maximum Gasteiger partial charge on any atom is 0.341 e. The van der Waals surface area contributed by atoms with E-state index in [1.165, 1.54) is 6.20 Å². The molecular formula is C20H21N3O5. The lowest BCUT2D eigenvalue weighted by Gasteiger charge is -2.10. The summed E-state index contributed by atoms with van der Waals surface area (Å²) in [6, 6.07) is 8.72. The van der Waals surface area contributed by atoms with Crippen molar-refractivity contribution in [2.45, 2.75) is 13.3 Å². The van der Waals surface area contributed by atoms with Crippen molar-refractivity contribution in [3.05, 3.63) is 53.9 Å². The number of benzene rings is 1. The SMILES string of the molecule is CCOC(=O)c1cnn2ccc(NC(=O)Cc3ccc(OC)c(OC)c3)cc12. The normalized spacial score (nSPS) is 10.5. The summed E-state index contributed by atoms with van der Waals surface area (Å²) >= 11 is 0. The van der Waals surface area contributed by atoms with Crippen LogP contribution in [0.1, 0.15) is 22.8 Å². The van der Waals surface area contributed by atoms with Gasteiger partial charge in [-0.25, -0.2) is 9.31 Å². The maximum atomic E-state index is 12.4. The van der Waals surface area contributed by atoms with Gasteiger partial charge in [0.15, 0.2) is 11.5 Å². The molecule has 2 aromatic heterocycles. The van der Waals surface area contributed by atoms with E-state index in [0.29, 0.717) is 28.3 Å². The van der Waals surface area contributed by atoms with Crippen LogP contribution < -0.4 is 14.8 Å². The van der Waals surface area contributed by atoms with Crippen LogP contribution in [0.5, 0.6) is 11.5 Å². The van der Waals surface area contributed by atoms with Crippen molar-refractivity contribution in [3.63, 3.8) is 0 Å². The molecule has 0 bridgehead atoms. The summed E-state index contributed by atoms with van der Waals surface area (Å²) in [5.41, 5.74) is 2.25. The van der Waals surface area contributed by atoms with Gasteiger partial charge in [-0.1, -0.05) is 6.07 Å². The van der Waals surface area contributed by atoms with E-state index in [2.05, 4.69) is 10.4 Å². The standard InChI is InChI=1S/C20H21N3O5/c1-4-28-20(25)15-12-21-23-8-7-14(11-16(15)23)22-19(24)10-13-5-6-17(26-2)18(9-13)27-3/h5-9,11-12H,4,10H2,1-3H3,(H,22,24). The molecule has 1 N–H and O–H groups in total. The minimum Gasteiger partial charge on any atom is -0.493 e. The number of aromatic nitrogens is 2. The first-order valence-electron chi connectivity index (χ1n) is 8.71. The Morgan fingerprint density at radius 2 is 1.89 bits per heavy atom. The lowest BCUT2D eigenvalue weighted by atomic mass is 10.1. The number of pyridine rings is 1. The summed E-state index contributed by atoms with van der Waals surface area (Å²) in [4.78, 5) is 24.5. The minimum absolute atomic E-state index is 0.162. The molecule has 2 heterocycles. The Morgan fingerprint density at radius 1 is 1.11 bits per heavy atom. The third-order valence-electron chi connectivity index (χ3n) is 4.11. The summed E-state index contributed by atoms with van der Waals surface area (Å²) in [6.07, 6.45) is 3.28. The highest BCUT2D eigenvalue weighted by Gasteiger charge is 2.15. The van der Waals surface area contributed by atoms with Crippen molar-refractivity contribution >= 4 is 23.1 Å². The fraction of sp³-hybridized carbons (Fsp3) is 0.250. The summed E-state index contributed by atoms with van der Waals surface area (Å²) in [5, 5.41) is 6.96. The highest BCUT2D eigenvalue weighted by Crippen LogP contribution is 2.27. The number of hydrogen-bond acceptors (Lipinski definition) is 6. The first-order valence-corrected chi connectivity index (χ1v) is 8.71. The summed E-state index contributed by atoms with van der Waals surface area (Å²) in [7, 11) is 3.10. The van der Waals surface area contributed by atoms with Crippen molar-refractivity contribution in [1.29, 1.82) is 0 Å². The summed E-state index contributed by atoms with van der Waals surface area (Å²) in [6.45, 7) is 2.02. The van der Waals surface area contributed by atoms with Crippen molar-refractivity contribution in [2.75, 3.05) is 26.1 Å². The first-order chi connectivity index (χ1) is 13.5. The highest BCUT2D eigenvalue weighted by molar-refractivity contribution is 5.98. The number of rotatable bonds is 7. The van der Waals surface area contributed by atoms with Gasteiger partial charge in [0.05, 0.1) is 39.0 Å². The number of anilines is 1. The second-order valence-electron chi connectivity index (χ2n) is 5.94. The van der Waals surface area contributed by atoms with Crippen molar-refractivity contribution in [3.8, 4) is 11.5 Å². The summed E-state index contributed by atoms with van der Waals surface area (Å²) < 4.78 is 17.0. The van der Waals surface area contributed by atoms with Gasteiger partial charge in [-0.15, -0.1) is 0 Å². The predicted octanol–water partition coefficient (Wildman–Crippen LogP) is 2.71. The molecule has 3 aromatic rings. The second kappa shape index (κ2) is 8.43. The van der Waals surface area contributed by atoms with Gasteiger partial charge < -0.3 is 19.5 Å². The number of carbonyl (C=O) groups is 2. The quantitative estimate of drug-likeness (QED) is 0.631.